The Labute approximate surface area is 144 Å². The Balaban J connectivity index is 1.73. The summed E-state index contributed by atoms with van der Waals surface area (Å²) in [6, 6.07) is 14.0. The fourth-order valence-corrected chi connectivity index (χ4v) is 3.64. The van der Waals surface area contributed by atoms with Crippen molar-refractivity contribution in [2.75, 3.05) is 7.11 Å². The highest BCUT2D eigenvalue weighted by molar-refractivity contribution is 5.64. The average molecular weight is 324 g/mol. The summed E-state index contributed by atoms with van der Waals surface area (Å²) in [5.74, 6) is 1.13. The third-order valence-electron chi connectivity index (χ3n) is 5.17. The zero-order chi connectivity index (χ0) is 16.9. The Morgan fingerprint density at radius 3 is 2.29 bits per heavy atom. The van der Waals surface area contributed by atoms with E-state index in [-0.39, 0.29) is 5.82 Å². The van der Waals surface area contributed by atoms with Crippen molar-refractivity contribution < 1.29 is 9.13 Å². The Bertz CT molecular complexity index is 682. The number of hydrogen-bond acceptors (Lipinski definition) is 1. The molecule has 2 heteroatoms. The summed E-state index contributed by atoms with van der Waals surface area (Å²) < 4.78 is 19.1. The van der Waals surface area contributed by atoms with E-state index in [2.05, 4.69) is 36.9 Å². The molecule has 0 bridgehead atoms. The van der Waals surface area contributed by atoms with Gasteiger partial charge in [-0.25, -0.2) is 4.39 Å². The normalized spacial score (nSPS) is 20.8. The lowest BCUT2D eigenvalue weighted by Gasteiger charge is -2.27. The van der Waals surface area contributed by atoms with E-state index in [1.807, 2.05) is 6.07 Å². The minimum absolute atomic E-state index is 0.207. The topological polar surface area (TPSA) is 9.23 Å². The van der Waals surface area contributed by atoms with Gasteiger partial charge in [0.05, 0.1) is 6.61 Å². The number of halogens is 1. The number of methoxy groups -OCH3 is 1. The van der Waals surface area contributed by atoms with Crippen LogP contribution < -0.4 is 0 Å². The average Bonchev–Trinajstić information content (AvgIpc) is 2.64. The molecule has 0 spiro atoms. The minimum atomic E-state index is -0.207. The lowest BCUT2D eigenvalue weighted by molar-refractivity contribution is 0.181. The summed E-state index contributed by atoms with van der Waals surface area (Å²) in [5.41, 5.74) is 3.96. The van der Waals surface area contributed by atoms with Crippen molar-refractivity contribution in [3.8, 4) is 11.1 Å². The molecule has 24 heavy (non-hydrogen) atoms. The fourth-order valence-electron chi connectivity index (χ4n) is 3.64. The Hall–Kier alpha value is -1.93. The molecule has 0 N–H and O–H groups in total. The largest absolute Gasteiger partial charge is 0.380 e. The molecular weight excluding hydrogens is 299 g/mol. The van der Waals surface area contributed by atoms with Crippen molar-refractivity contribution in [3.63, 3.8) is 0 Å². The van der Waals surface area contributed by atoms with Crippen molar-refractivity contribution in [1.82, 2.24) is 0 Å². The third-order valence-corrected chi connectivity index (χ3v) is 5.17. The van der Waals surface area contributed by atoms with Crippen molar-refractivity contribution in [2.45, 2.75) is 38.2 Å². The maximum absolute atomic E-state index is 14.1. The van der Waals surface area contributed by atoms with Crippen LogP contribution in [0.4, 0.5) is 4.39 Å². The first kappa shape index (κ1) is 16.9. The third kappa shape index (κ3) is 3.76. The lowest BCUT2D eigenvalue weighted by atomic mass is 9.78. The molecule has 0 heterocycles. The molecule has 0 aromatic heterocycles. The van der Waals surface area contributed by atoms with Gasteiger partial charge < -0.3 is 4.74 Å². The first-order valence-electron chi connectivity index (χ1n) is 8.71. The molecule has 0 aliphatic heterocycles. The quantitative estimate of drug-likeness (QED) is 0.604. The van der Waals surface area contributed by atoms with Gasteiger partial charge >= 0.3 is 0 Å². The van der Waals surface area contributed by atoms with E-state index in [4.69, 9.17) is 4.74 Å². The molecule has 0 atom stereocenters. The second kappa shape index (κ2) is 7.76. The van der Waals surface area contributed by atoms with Gasteiger partial charge in [-0.3, -0.25) is 0 Å². The van der Waals surface area contributed by atoms with Gasteiger partial charge in [0, 0.05) is 12.7 Å². The first-order valence-corrected chi connectivity index (χ1v) is 8.71. The van der Waals surface area contributed by atoms with Gasteiger partial charge in [-0.05, 0) is 60.3 Å². The van der Waals surface area contributed by atoms with Crippen LogP contribution in [-0.4, -0.2) is 7.11 Å². The Morgan fingerprint density at radius 2 is 1.71 bits per heavy atom. The van der Waals surface area contributed by atoms with Gasteiger partial charge in [0.25, 0.3) is 0 Å². The molecule has 0 radical (unpaired) electrons. The lowest BCUT2D eigenvalue weighted by Crippen LogP contribution is -2.11. The monoisotopic (exact) mass is 324 g/mol. The molecule has 2 aromatic rings. The number of ether oxygens (including phenoxy) is 1. The van der Waals surface area contributed by atoms with Gasteiger partial charge in [-0.1, -0.05) is 42.5 Å². The molecule has 0 amide bonds. The van der Waals surface area contributed by atoms with E-state index in [0.29, 0.717) is 24.0 Å². The maximum Gasteiger partial charge on any atom is 0.129 e. The smallest absolute Gasteiger partial charge is 0.129 e. The van der Waals surface area contributed by atoms with E-state index in [0.717, 1.165) is 11.1 Å². The molecule has 0 saturated heterocycles. The number of rotatable bonds is 5. The summed E-state index contributed by atoms with van der Waals surface area (Å²) in [5, 5.41) is 0. The standard InChI is InChI=1S/C22H25FO/c1-3-16-4-6-17(7-5-16)18-8-10-19(11-9-18)20-12-13-21(15-24-2)22(23)14-20/h3,8-14,16-17H,1,4-7,15H2,2H3. The van der Waals surface area contributed by atoms with Crippen molar-refractivity contribution in [1.29, 1.82) is 0 Å². The van der Waals surface area contributed by atoms with Gasteiger partial charge in [-0.2, -0.15) is 0 Å². The Morgan fingerprint density at radius 1 is 1.04 bits per heavy atom. The summed E-state index contributed by atoms with van der Waals surface area (Å²) in [4.78, 5) is 0. The molecule has 3 rings (SSSR count). The fraction of sp³-hybridized carbons (Fsp3) is 0.364. The molecule has 1 aliphatic carbocycles. The second-order valence-corrected chi connectivity index (χ2v) is 6.71. The minimum Gasteiger partial charge on any atom is -0.380 e. The van der Waals surface area contributed by atoms with Crippen LogP contribution in [0, 0.1) is 11.7 Å². The highest BCUT2D eigenvalue weighted by atomic mass is 19.1. The molecule has 1 saturated carbocycles. The predicted octanol–water partition coefficient (Wildman–Crippen LogP) is 6.10. The maximum atomic E-state index is 14.1. The van der Waals surface area contributed by atoms with Crippen LogP contribution in [0.1, 0.15) is 42.7 Å². The van der Waals surface area contributed by atoms with E-state index in [1.165, 1.54) is 31.2 Å². The van der Waals surface area contributed by atoms with Crippen LogP contribution in [0.3, 0.4) is 0 Å². The van der Waals surface area contributed by atoms with E-state index in [9.17, 15) is 4.39 Å². The van der Waals surface area contributed by atoms with Gasteiger partial charge in [0.2, 0.25) is 0 Å². The predicted molar refractivity (Wildman–Crippen MR) is 97.4 cm³/mol. The van der Waals surface area contributed by atoms with Crippen LogP contribution in [0.2, 0.25) is 0 Å². The highest BCUT2D eigenvalue weighted by Crippen LogP contribution is 2.36. The molecule has 1 aliphatic rings. The van der Waals surface area contributed by atoms with E-state index >= 15 is 0 Å². The van der Waals surface area contributed by atoms with Crippen molar-refractivity contribution in [3.05, 3.63) is 72.1 Å². The number of allylic oxidation sites excluding steroid dienone is 1. The van der Waals surface area contributed by atoms with Gasteiger partial charge in [0.15, 0.2) is 0 Å². The van der Waals surface area contributed by atoms with Crippen LogP contribution in [0.5, 0.6) is 0 Å². The van der Waals surface area contributed by atoms with Crippen LogP contribution in [-0.2, 0) is 11.3 Å². The molecular formula is C22H25FO. The van der Waals surface area contributed by atoms with Crippen LogP contribution in [0.25, 0.3) is 11.1 Å². The summed E-state index contributed by atoms with van der Waals surface area (Å²) in [7, 11) is 1.58. The summed E-state index contributed by atoms with van der Waals surface area (Å²) >= 11 is 0. The van der Waals surface area contributed by atoms with Gasteiger partial charge in [-0.15, -0.1) is 6.58 Å². The Kier molecular flexibility index (Phi) is 5.47. The highest BCUT2D eigenvalue weighted by Gasteiger charge is 2.20. The summed E-state index contributed by atoms with van der Waals surface area (Å²) in [6.07, 6.45) is 7.04. The molecule has 2 aromatic carbocycles. The molecule has 1 nitrogen and oxygen atoms in total. The summed E-state index contributed by atoms with van der Waals surface area (Å²) in [6.45, 7) is 4.22. The zero-order valence-electron chi connectivity index (χ0n) is 14.3. The molecule has 0 unspecified atom stereocenters. The number of hydrogen-bond donors (Lipinski definition) is 0. The molecule has 1 fully saturated rings. The zero-order valence-corrected chi connectivity index (χ0v) is 14.3. The first-order chi connectivity index (χ1) is 11.7. The second-order valence-electron chi connectivity index (χ2n) is 6.71. The number of benzene rings is 2. The van der Waals surface area contributed by atoms with Crippen molar-refractivity contribution >= 4 is 0 Å². The van der Waals surface area contributed by atoms with Crippen molar-refractivity contribution in [2.24, 2.45) is 5.92 Å². The van der Waals surface area contributed by atoms with Crippen LogP contribution in [0.15, 0.2) is 55.1 Å². The van der Waals surface area contributed by atoms with E-state index < -0.39 is 0 Å². The van der Waals surface area contributed by atoms with Gasteiger partial charge in [0.1, 0.15) is 5.82 Å². The van der Waals surface area contributed by atoms with Crippen LogP contribution >= 0.6 is 0 Å². The molecule has 126 valence electrons. The van der Waals surface area contributed by atoms with E-state index in [1.54, 1.807) is 19.2 Å². The SMILES string of the molecule is C=CC1CCC(c2ccc(-c3ccc(COC)c(F)c3)cc2)CC1.